The molecule has 0 aliphatic carbocycles. The lowest BCUT2D eigenvalue weighted by atomic mass is 10.2. The van der Waals surface area contributed by atoms with Crippen LogP contribution in [0.5, 0.6) is 5.75 Å². The maximum absolute atomic E-state index is 13.6. The average molecular weight is 370 g/mol. The van der Waals surface area contributed by atoms with Crippen LogP contribution in [0.2, 0.25) is 0 Å². The van der Waals surface area contributed by atoms with E-state index in [2.05, 4.69) is 21.2 Å². The zero-order chi connectivity index (χ0) is 16.1. The van der Waals surface area contributed by atoms with E-state index in [4.69, 9.17) is 4.74 Å². The molecule has 2 aromatic rings. The molecule has 0 bridgehead atoms. The Morgan fingerprint density at radius 2 is 1.91 bits per heavy atom. The molecule has 1 amide bonds. The lowest BCUT2D eigenvalue weighted by Gasteiger charge is -2.15. The summed E-state index contributed by atoms with van der Waals surface area (Å²) in [5.74, 6) is -1.26. The fraction of sp³-hybridized carbons (Fsp3) is 0.188. The fourth-order valence-corrected chi connectivity index (χ4v) is 2.08. The van der Waals surface area contributed by atoms with Crippen molar-refractivity contribution in [1.29, 1.82) is 0 Å². The number of amides is 1. The first kappa shape index (κ1) is 16.4. The standard InChI is InChI=1S/C16H14BrF2NO2/c1-10(22-15-7-4-12(17)8-14(15)19)16(21)20-9-11-2-5-13(18)6-3-11/h2-8,10H,9H2,1H3,(H,20,21)/t10-/m1/s1. The van der Waals surface area contributed by atoms with E-state index >= 15 is 0 Å². The van der Waals surface area contributed by atoms with Crippen molar-refractivity contribution >= 4 is 21.8 Å². The summed E-state index contributed by atoms with van der Waals surface area (Å²) in [6.45, 7) is 1.77. The molecule has 116 valence electrons. The fourth-order valence-electron chi connectivity index (χ4n) is 1.75. The minimum atomic E-state index is -0.851. The van der Waals surface area contributed by atoms with Gasteiger partial charge in [0.05, 0.1) is 0 Å². The van der Waals surface area contributed by atoms with Crippen LogP contribution in [0.1, 0.15) is 12.5 Å². The highest BCUT2D eigenvalue weighted by Crippen LogP contribution is 2.22. The van der Waals surface area contributed by atoms with E-state index in [-0.39, 0.29) is 24.0 Å². The topological polar surface area (TPSA) is 38.3 Å². The number of ether oxygens (including phenoxy) is 1. The maximum Gasteiger partial charge on any atom is 0.261 e. The van der Waals surface area contributed by atoms with E-state index in [0.29, 0.717) is 4.47 Å². The smallest absolute Gasteiger partial charge is 0.261 e. The van der Waals surface area contributed by atoms with Crippen molar-refractivity contribution in [2.75, 3.05) is 0 Å². The van der Waals surface area contributed by atoms with Crippen molar-refractivity contribution in [3.8, 4) is 5.75 Å². The molecule has 1 atom stereocenters. The Bertz CT molecular complexity index is 662. The van der Waals surface area contributed by atoms with E-state index in [0.717, 1.165) is 5.56 Å². The summed E-state index contributed by atoms with van der Waals surface area (Å²) in [6, 6.07) is 10.1. The summed E-state index contributed by atoms with van der Waals surface area (Å²) < 4.78 is 32.3. The molecular weight excluding hydrogens is 356 g/mol. The third kappa shape index (κ3) is 4.53. The van der Waals surface area contributed by atoms with Gasteiger partial charge in [0, 0.05) is 11.0 Å². The molecule has 2 aromatic carbocycles. The van der Waals surface area contributed by atoms with Gasteiger partial charge >= 0.3 is 0 Å². The quantitative estimate of drug-likeness (QED) is 0.869. The average Bonchev–Trinajstić information content (AvgIpc) is 2.49. The van der Waals surface area contributed by atoms with Crippen molar-refractivity contribution in [2.45, 2.75) is 19.6 Å². The molecule has 2 rings (SSSR count). The highest BCUT2D eigenvalue weighted by Gasteiger charge is 2.16. The second-order valence-electron chi connectivity index (χ2n) is 4.68. The van der Waals surface area contributed by atoms with E-state index in [1.54, 1.807) is 18.2 Å². The van der Waals surface area contributed by atoms with Gasteiger partial charge in [-0.15, -0.1) is 0 Å². The first-order chi connectivity index (χ1) is 10.5. The summed E-state index contributed by atoms with van der Waals surface area (Å²) >= 11 is 3.15. The molecule has 1 N–H and O–H groups in total. The summed E-state index contributed by atoms with van der Waals surface area (Å²) in [4.78, 5) is 11.9. The normalized spacial score (nSPS) is 11.8. The van der Waals surface area contributed by atoms with Gasteiger partial charge in [-0.25, -0.2) is 8.78 Å². The van der Waals surface area contributed by atoms with Crippen molar-refractivity contribution in [2.24, 2.45) is 0 Å². The lowest BCUT2D eigenvalue weighted by Crippen LogP contribution is -2.36. The van der Waals surface area contributed by atoms with E-state index in [1.165, 1.54) is 31.2 Å². The predicted octanol–water partition coefficient (Wildman–Crippen LogP) is 3.81. The second kappa shape index (κ2) is 7.35. The number of carbonyl (C=O) groups excluding carboxylic acids is 1. The van der Waals surface area contributed by atoms with Gasteiger partial charge in [0.2, 0.25) is 0 Å². The van der Waals surface area contributed by atoms with E-state index in [9.17, 15) is 13.6 Å². The molecule has 0 unspecified atom stereocenters. The van der Waals surface area contributed by atoms with Crippen LogP contribution in [0, 0.1) is 11.6 Å². The van der Waals surface area contributed by atoms with Crippen LogP contribution in [0.25, 0.3) is 0 Å². The first-order valence-corrected chi connectivity index (χ1v) is 7.39. The SMILES string of the molecule is C[C@@H](Oc1ccc(Br)cc1F)C(=O)NCc1ccc(F)cc1. The highest BCUT2D eigenvalue weighted by atomic mass is 79.9. The Morgan fingerprint density at radius 3 is 2.55 bits per heavy atom. The predicted molar refractivity (Wildman–Crippen MR) is 82.4 cm³/mol. The summed E-state index contributed by atoms with van der Waals surface area (Å²) in [7, 11) is 0. The van der Waals surface area contributed by atoms with Gasteiger partial charge < -0.3 is 10.1 Å². The molecule has 6 heteroatoms. The molecular formula is C16H14BrF2NO2. The number of carbonyl (C=O) groups is 1. The molecule has 0 spiro atoms. The van der Waals surface area contributed by atoms with Crippen LogP contribution in [0.3, 0.4) is 0 Å². The van der Waals surface area contributed by atoms with Crippen LogP contribution < -0.4 is 10.1 Å². The minimum absolute atomic E-state index is 0.00707. The molecule has 22 heavy (non-hydrogen) atoms. The van der Waals surface area contributed by atoms with Gasteiger partial charge in [0.1, 0.15) is 5.82 Å². The summed E-state index contributed by atoms with van der Waals surface area (Å²) in [6.07, 6.45) is -0.851. The zero-order valence-corrected chi connectivity index (χ0v) is 13.4. The molecule has 0 radical (unpaired) electrons. The van der Waals surface area contributed by atoms with E-state index < -0.39 is 11.9 Å². The summed E-state index contributed by atoms with van der Waals surface area (Å²) in [5.41, 5.74) is 0.761. The van der Waals surface area contributed by atoms with Crippen LogP contribution in [0.4, 0.5) is 8.78 Å². The first-order valence-electron chi connectivity index (χ1n) is 6.59. The van der Waals surface area contributed by atoms with Gasteiger partial charge in [-0.2, -0.15) is 0 Å². The molecule has 0 saturated carbocycles. The Kier molecular flexibility index (Phi) is 5.49. The molecule has 0 heterocycles. The molecule has 0 fully saturated rings. The van der Waals surface area contributed by atoms with Gasteiger partial charge in [-0.3, -0.25) is 4.79 Å². The van der Waals surface area contributed by atoms with Crippen LogP contribution in [0.15, 0.2) is 46.9 Å². The maximum atomic E-state index is 13.6. The Hall–Kier alpha value is -1.95. The van der Waals surface area contributed by atoms with Crippen molar-refractivity contribution in [3.05, 3.63) is 64.1 Å². The van der Waals surface area contributed by atoms with Gasteiger partial charge in [-0.1, -0.05) is 28.1 Å². The number of hydrogen-bond donors (Lipinski definition) is 1. The van der Waals surface area contributed by atoms with Crippen molar-refractivity contribution < 1.29 is 18.3 Å². The monoisotopic (exact) mass is 369 g/mol. The molecule has 0 aliphatic rings. The van der Waals surface area contributed by atoms with Crippen LogP contribution in [-0.2, 0) is 11.3 Å². The summed E-state index contributed by atoms with van der Waals surface area (Å²) in [5, 5.41) is 2.65. The number of benzene rings is 2. The van der Waals surface area contributed by atoms with Gasteiger partial charge in [-0.05, 0) is 42.8 Å². The van der Waals surface area contributed by atoms with E-state index in [1.807, 2.05) is 0 Å². The van der Waals surface area contributed by atoms with Gasteiger partial charge in [0.15, 0.2) is 17.7 Å². The van der Waals surface area contributed by atoms with Gasteiger partial charge in [0.25, 0.3) is 5.91 Å². The molecule has 0 saturated heterocycles. The van der Waals surface area contributed by atoms with Crippen LogP contribution in [-0.4, -0.2) is 12.0 Å². The van der Waals surface area contributed by atoms with Crippen molar-refractivity contribution in [3.63, 3.8) is 0 Å². The van der Waals surface area contributed by atoms with Crippen LogP contribution >= 0.6 is 15.9 Å². The highest BCUT2D eigenvalue weighted by molar-refractivity contribution is 9.10. The largest absolute Gasteiger partial charge is 0.478 e. The Balaban J connectivity index is 1.90. The third-order valence-corrected chi connectivity index (χ3v) is 3.44. The third-order valence-electron chi connectivity index (χ3n) is 2.95. The number of rotatable bonds is 5. The minimum Gasteiger partial charge on any atom is -0.478 e. The van der Waals surface area contributed by atoms with Crippen molar-refractivity contribution in [1.82, 2.24) is 5.32 Å². The molecule has 3 nitrogen and oxygen atoms in total. The molecule has 0 aromatic heterocycles. The number of hydrogen-bond acceptors (Lipinski definition) is 2. The second-order valence-corrected chi connectivity index (χ2v) is 5.59. The number of halogens is 3. The molecule has 0 aliphatic heterocycles. The number of nitrogens with one attached hydrogen (secondary N) is 1. The zero-order valence-electron chi connectivity index (χ0n) is 11.8. The lowest BCUT2D eigenvalue weighted by molar-refractivity contribution is -0.127. The Morgan fingerprint density at radius 1 is 1.23 bits per heavy atom. The Labute approximate surface area is 135 Å².